The molecule has 30 heavy (non-hydrogen) atoms. The average molecular weight is 409 g/mol. The molecular weight excluding hydrogens is 382 g/mol. The Kier molecular flexibility index (Phi) is 5.27. The Morgan fingerprint density at radius 3 is 2.73 bits per heavy atom. The molecule has 0 unspecified atom stereocenters. The number of amides is 1. The van der Waals surface area contributed by atoms with Crippen LogP contribution in [0.1, 0.15) is 45.7 Å². The van der Waals surface area contributed by atoms with Crippen molar-refractivity contribution in [2.24, 2.45) is 0 Å². The van der Waals surface area contributed by atoms with E-state index in [1.54, 1.807) is 10.7 Å². The van der Waals surface area contributed by atoms with Gasteiger partial charge in [0, 0.05) is 30.5 Å². The zero-order valence-electron chi connectivity index (χ0n) is 17.7. The molecule has 0 bridgehead atoms. The minimum Gasteiger partial charge on any atom is -0.444 e. The molecule has 3 aromatic rings. The van der Waals surface area contributed by atoms with E-state index in [-0.39, 0.29) is 18.2 Å². The number of carbonyl (C=O) groups excluding carboxylic acids is 1. The fourth-order valence-corrected chi connectivity index (χ4v) is 3.61. The minimum atomic E-state index is -0.499. The molecule has 0 aliphatic heterocycles. The number of anilines is 1. The van der Waals surface area contributed by atoms with Crippen LogP contribution in [0.25, 0.3) is 17.0 Å². The largest absolute Gasteiger partial charge is 0.444 e. The fourth-order valence-electron chi connectivity index (χ4n) is 3.61. The third kappa shape index (κ3) is 4.84. The van der Waals surface area contributed by atoms with Gasteiger partial charge in [0.2, 0.25) is 5.95 Å². The molecule has 9 nitrogen and oxygen atoms in total. The van der Waals surface area contributed by atoms with Crippen molar-refractivity contribution in [1.29, 1.82) is 0 Å². The Bertz CT molecular complexity index is 1060. The highest BCUT2D eigenvalue weighted by Gasteiger charge is 2.28. The van der Waals surface area contributed by atoms with Gasteiger partial charge in [-0.2, -0.15) is 5.10 Å². The van der Waals surface area contributed by atoms with E-state index in [9.17, 15) is 4.79 Å². The van der Waals surface area contributed by atoms with E-state index in [1.165, 1.54) is 0 Å². The SMILES string of the molecule is Cc1cc2nc(-c3ccnc(N[C@H]4CC[C@H](NC(=O)OC(C)(C)C)C4)n3)ccn2n1. The number of nitrogens with one attached hydrogen (secondary N) is 2. The maximum atomic E-state index is 12.0. The van der Waals surface area contributed by atoms with Gasteiger partial charge < -0.3 is 15.4 Å². The molecular formula is C21H27N7O2. The highest BCUT2D eigenvalue weighted by Crippen LogP contribution is 2.23. The third-order valence-corrected chi connectivity index (χ3v) is 4.85. The molecule has 9 heteroatoms. The van der Waals surface area contributed by atoms with Crippen molar-refractivity contribution in [2.75, 3.05) is 5.32 Å². The molecule has 0 aromatic carbocycles. The lowest BCUT2D eigenvalue weighted by Gasteiger charge is -2.21. The normalized spacial score (nSPS) is 19.1. The van der Waals surface area contributed by atoms with Gasteiger partial charge in [0.15, 0.2) is 5.65 Å². The molecule has 158 valence electrons. The van der Waals surface area contributed by atoms with Crippen LogP contribution >= 0.6 is 0 Å². The topological polar surface area (TPSA) is 106 Å². The second-order valence-electron chi connectivity index (χ2n) is 8.66. The molecule has 0 saturated heterocycles. The number of fused-ring (bicyclic) bond motifs is 1. The number of hydrogen-bond acceptors (Lipinski definition) is 7. The van der Waals surface area contributed by atoms with E-state index < -0.39 is 5.60 Å². The van der Waals surface area contributed by atoms with E-state index >= 15 is 0 Å². The fraction of sp³-hybridized carbons (Fsp3) is 0.476. The van der Waals surface area contributed by atoms with Crippen LogP contribution in [0.4, 0.5) is 10.7 Å². The molecule has 4 rings (SSSR count). The van der Waals surface area contributed by atoms with Crippen molar-refractivity contribution in [3.63, 3.8) is 0 Å². The highest BCUT2D eigenvalue weighted by atomic mass is 16.6. The third-order valence-electron chi connectivity index (χ3n) is 4.85. The molecule has 0 radical (unpaired) electrons. The predicted octanol–water partition coefficient (Wildman–Crippen LogP) is 3.35. The lowest BCUT2D eigenvalue weighted by molar-refractivity contribution is 0.0505. The number of alkyl carbamates (subject to hydrolysis) is 1. The van der Waals surface area contributed by atoms with Crippen LogP contribution < -0.4 is 10.6 Å². The number of carbonyl (C=O) groups is 1. The van der Waals surface area contributed by atoms with Crippen LogP contribution in [0, 0.1) is 6.92 Å². The average Bonchev–Trinajstić information content (AvgIpc) is 3.24. The first-order valence-electron chi connectivity index (χ1n) is 10.2. The molecule has 3 heterocycles. The second-order valence-corrected chi connectivity index (χ2v) is 8.66. The number of ether oxygens (including phenoxy) is 1. The number of aryl methyl sites for hydroxylation is 1. The summed E-state index contributed by atoms with van der Waals surface area (Å²) in [5.41, 5.74) is 2.71. The van der Waals surface area contributed by atoms with Gasteiger partial charge in [-0.25, -0.2) is 24.3 Å². The zero-order chi connectivity index (χ0) is 21.3. The lowest BCUT2D eigenvalue weighted by Crippen LogP contribution is -2.38. The van der Waals surface area contributed by atoms with Crippen molar-refractivity contribution in [3.8, 4) is 11.4 Å². The first kappa shape index (κ1) is 20.1. The molecule has 2 N–H and O–H groups in total. The monoisotopic (exact) mass is 409 g/mol. The number of aromatic nitrogens is 5. The van der Waals surface area contributed by atoms with Crippen LogP contribution in [-0.2, 0) is 4.74 Å². The molecule has 1 saturated carbocycles. The summed E-state index contributed by atoms with van der Waals surface area (Å²) in [6.07, 6.45) is 5.84. The summed E-state index contributed by atoms with van der Waals surface area (Å²) in [7, 11) is 0. The predicted molar refractivity (Wildman–Crippen MR) is 113 cm³/mol. The Morgan fingerprint density at radius 1 is 1.17 bits per heavy atom. The highest BCUT2D eigenvalue weighted by molar-refractivity contribution is 5.68. The van der Waals surface area contributed by atoms with Crippen LogP contribution in [0.3, 0.4) is 0 Å². The van der Waals surface area contributed by atoms with Gasteiger partial charge in [0.25, 0.3) is 0 Å². The van der Waals surface area contributed by atoms with Gasteiger partial charge in [-0.15, -0.1) is 0 Å². The van der Waals surface area contributed by atoms with Crippen molar-refractivity contribution in [1.82, 2.24) is 29.9 Å². The second kappa shape index (κ2) is 7.89. The summed E-state index contributed by atoms with van der Waals surface area (Å²) in [4.78, 5) is 25.6. The van der Waals surface area contributed by atoms with Gasteiger partial charge in [-0.1, -0.05) is 0 Å². The van der Waals surface area contributed by atoms with Crippen molar-refractivity contribution < 1.29 is 9.53 Å². The number of rotatable bonds is 4. The van der Waals surface area contributed by atoms with Gasteiger partial charge >= 0.3 is 6.09 Å². The Labute approximate surface area is 175 Å². The number of hydrogen-bond donors (Lipinski definition) is 2. The van der Waals surface area contributed by atoms with Gasteiger partial charge in [0.1, 0.15) is 5.60 Å². The summed E-state index contributed by atoms with van der Waals surface area (Å²) in [5.74, 6) is 0.557. The van der Waals surface area contributed by atoms with Crippen molar-refractivity contribution in [2.45, 2.75) is 64.6 Å². The summed E-state index contributed by atoms with van der Waals surface area (Å²) < 4.78 is 7.09. The Balaban J connectivity index is 1.39. The maximum Gasteiger partial charge on any atom is 0.407 e. The molecule has 2 atom stereocenters. The Morgan fingerprint density at radius 2 is 1.93 bits per heavy atom. The first-order chi connectivity index (χ1) is 14.2. The quantitative estimate of drug-likeness (QED) is 0.680. The van der Waals surface area contributed by atoms with E-state index in [2.05, 4.69) is 30.7 Å². The summed E-state index contributed by atoms with van der Waals surface area (Å²) >= 11 is 0. The summed E-state index contributed by atoms with van der Waals surface area (Å²) in [5, 5.41) is 10.7. The van der Waals surface area contributed by atoms with E-state index in [1.807, 2.05) is 52.1 Å². The smallest absolute Gasteiger partial charge is 0.407 e. The van der Waals surface area contributed by atoms with E-state index in [4.69, 9.17) is 4.74 Å². The molecule has 1 aliphatic carbocycles. The minimum absolute atomic E-state index is 0.0784. The Hall–Kier alpha value is -3.23. The van der Waals surface area contributed by atoms with Crippen LogP contribution in [0.15, 0.2) is 30.6 Å². The first-order valence-corrected chi connectivity index (χ1v) is 10.2. The molecule has 1 amide bonds. The maximum absolute atomic E-state index is 12.0. The standard InChI is InChI=1S/C21H27N7O2/c1-13-11-18-25-17(8-10-28(18)27-13)16-7-9-22-19(26-16)23-14-5-6-15(12-14)24-20(29)30-21(2,3)4/h7-11,14-15H,5-6,12H2,1-4H3,(H,24,29)(H,22,23,26)/t14-,15-/m0/s1. The molecule has 3 aromatic heterocycles. The summed E-state index contributed by atoms with van der Waals surface area (Å²) in [6, 6.07) is 5.93. The lowest BCUT2D eigenvalue weighted by atomic mass is 10.2. The number of nitrogens with zero attached hydrogens (tertiary/aromatic N) is 5. The van der Waals surface area contributed by atoms with Gasteiger partial charge in [-0.3, -0.25) is 0 Å². The van der Waals surface area contributed by atoms with Crippen LogP contribution in [0.5, 0.6) is 0 Å². The van der Waals surface area contributed by atoms with Crippen LogP contribution in [0.2, 0.25) is 0 Å². The molecule has 1 aliphatic rings. The zero-order valence-corrected chi connectivity index (χ0v) is 17.7. The van der Waals surface area contributed by atoms with Gasteiger partial charge in [0.05, 0.1) is 17.1 Å². The molecule has 1 fully saturated rings. The van der Waals surface area contributed by atoms with E-state index in [0.717, 1.165) is 42.0 Å². The molecule has 0 spiro atoms. The van der Waals surface area contributed by atoms with Crippen molar-refractivity contribution in [3.05, 3.63) is 36.3 Å². The van der Waals surface area contributed by atoms with E-state index in [0.29, 0.717) is 5.95 Å². The summed E-state index contributed by atoms with van der Waals surface area (Å²) in [6.45, 7) is 7.51. The van der Waals surface area contributed by atoms with Crippen molar-refractivity contribution >= 4 is 17.7 Å². The van der Waals surface area contributed by atoms with Crippen LogP contribution in [-0.4, -0.2) is 48.3 Å². The van der Waals surface area contributed by atoms with Gasteiger partial charge in [-0.05, 0) is 59.1 Å².